The number of methoxy groups -OCH3 is 2. The first-order valence-electron chi connectivity index (χ1n) is 11.3. The summed E-state index contributed by atoms with van der Waals surface area (Å²) >= 11 is 3.29. The molecular formula is C25H26BrN3O6. The van der Waals surface area contributed by atoms with E-state index in [1.165, 1.54) is 7.11 Å². The van der Waals surface area contributed by atoms with Crippen LogP contribution in [0.4, 0.5) is 0 Å². The van der Waals surface area contributed by atoms with E-state index in [1.54, 1.807) is 48.4 Å². The second-order valence-corrected chi connectivity index (χ2v) is 9.41. The number of piperidine rings is 1. The smallest absolute Gasteiger partial charge is 0.262 e. The van der Waals surface area contributed by atoms with Crippen LogP contribution in [0.25, 0.3) is 0 Å². The lowest BCUT2D eigenvalue weighted by atomic mass is 9.96. The molecule has 2 aliphatic rings. The van der Waals surface area contributed by atoms with Crippen LogP contribution < -0.4 is 14.8 Å². The normalized spacial score (nSPS) is 15.7. The number of likely N-dealkylation sites (tertiary alicyclic amines) is 1. The summed E-state index contributed by atoms with van der Waals surface area (Å²) in [6.45, 7) is 1.24. The zero-order chi connectivity index (χ0) is 25.1. The number of nitrogens with one attached hydrogen (secondary N) is 1. The number of hydrogen-bond donors (Lipinski definition) is 1. The van der Waals surface area contributed by atoms with Crippen molar-refractivity contribution in [2.24, 2.45) is 5.92 Å². The molecule has 0 saturated carbocycles. The van der Waals surface area contributed by atoms with Crippen molar-refractivity contribution >= 4 is 39.6 Å². The van der Waals surface area contributed by atoms with Crippen LogP contribution in [0, 0.1) is 5.92 Å². The van der Waals surface area contributed by atoms with E-state index in [9.17, 15) is 19.2 Å². The summed E-state index contributed by atoms with van der Waals surface area (Å²) in [4.78, 5) is 53.2. The molecule has 2 heterocycles. The molecule has 10 heteroatoms. The van der Waals surface area contributed by atoms with Crippen LogP contribution >= 0.6 is 15.9 Å². The van der Waals surface area contributed by atoms with E-state index in [4.69, 9.17) is 9.47 Å². The Labute approximate surface area is 211 Å². The molecule has 0 bridgehead atoms. The van der Waals surface area contributed by atoms with Gasteiger partial charge in [0.05, 0.1) is 25.3 Å². The first-order valence-corrected chi connectivity index (χ1v) is 12.1. The van der Waals surface area contributed by atoms with Crippen LogP contribution in [-0.4, -0.2) is 73.8 Å². The van der Waals surface area contributed by atoms with Gasteiger partial charge in [-0.15, -0.1) is 0 Å². The van der Waals surface area contributed by atoms with Crippen molar-refractivity contribution in [3.05, 3.63) is 57.6 Å². The van der Waals surface area contributed by atoms with Gasteiger partial charge in [-0.25, -0.2) is 0 Å². The summed E-state index contributed by atoms with van der Waals surface area (Å²) in [7, 11) is 3.07. The molecule has 4 rings (SSSR count). The highest BCUT2D eigenvalue weighted by molar-refractivity contribution is 9.10. The Balaban J connectivity index is 1.25. The van der Waals surface area contributed by atoms with E-state index in [1.807, 2.05) is 0 Å². The lowest BCUT2D eigenvalue weighted by molar-refractivity contribution is -0.121. The highest BCUT2D eigenvalue weighted by atomic mass is 79.9. The van der Waals surface area contributed by atoms with Crippen LogP contribution in [0.3, 0.4) is 0 Å². The van der Waals surface area contributed by atoms with Gasteiger partial charge in [0.1, 0.15) is 6.54 Å². The lowest BCUT2D eigenvalue weighted by Gasteiger charge is -2.32. The minimum Gasteiger partial charge on any atom is -0.493 e. The number of nitrogens with zero attached hydrogens (tertiary/aromatic N) is 2. The maximum absolute atomic E-state index is 12.9. The zero-order valence-electron chi connectivity index (χ0n) is 19.5. The SMILES string of the molecule is COc1ccc(C(=O)N2CCC(CNC(=O)CN3C(=O)c4ccc(Br)cc4C3=O)CC2)cc1OC. The van der Waals surface area contributed by atoms with Gasteiger partial charge in [-0.2, -0.15) is 0 Å². The van der Waals surface area contributed by atoms with Gasteiger partial charge < -0.3 is 19.7 Å². The molecule has 2 aromatic rings. The molecule has 1 fully saturated rings. The molecule has 2 aliphatic heterocycles. The lowest BCUT2D eigenvalue weighted by Crippen LogP contribution is -2.44. The molecule has 0 radical (unpaired) electrons. The first-order chi connectivity index (χ1) is 16.8. The van der Waals surface area contributed by atoms with E-state index in [2.05, 4.69) is 21.2 Å². The Bertz CT molecular complexity index is 1180. The van der Waals surface area contributed by atoms with Crippen molar-refractivity contribution in [2.75, 3.05) is 40.4 Å². The van der Waals surface area contributed by atoms with Crippen LogP contribution in [0.15, 0.2) is 40.9 Å². The predicted molar refractivity (Wildman–Crippen MR) is 131 cm³/mol. The van der Waals surface area contributed by atoms with Crippen LogP contribution in [0.2, 0.25) is 0 Å². The molecule has 9 nitrogen and oxygen atoms in total. The minimum absolute atomic E-state index is 0.0781. The van der Waals surface area contributed by atoms with Gasteiger partial charge in [-0.05, 0) is 55.2 Å². The minimum atomic E-state index is -0.469. The van der Waals surface area contributed by atoms with Gasteiger partial charge in [0.2, 0.25) is 5.91 Å². The van der Waals surface area contributed by atoms with Crippen molar-refractivity contribution in [2.45, 2.75) is 12.8 Å². The molecule has 0 unspecified atom stereocenters. The Hall–Kier alpha value is -3.40. The van der Waals surface area contributed by atoms with Crippen LogP contribution in [0.1, 0.15) is 43.9 Å². The van der Waals surface area contributed by atoms with E-state index in [0.29, 0.717) is 52.3 Å². The molecule has 1 N–H and O–H groups in total. The quantitative estimate of drug-likeness (QED) is 0.538. The molecule has 184 valence electrons. The summed E-state index contributed by atoms with van der Waals surface area (Å²) in [6.07, 6.45) is 1.47. The van der Waals surface area contributed by atoms with E-state index in [-0.39, 0.29) is 24.3 Å². The van der Waals surface area contributed by atoms with Gasteiger partial charge in [-0.3, -0.25) is 24.1 Å². The number of halogens is 1. The molecule has 0 spiro atoms. The Morgan fingerprint density at radius 3 is 2.34 bits per heavy atom. The maximum atomic E-state index is 12.9. The van der Waals surface area contributed by atoms with E-state index in [0.717, 1.165) is 17.7 Å². The molecule has 2 aromatic carbocycles. The van der Waals surface area contributed by atoms with Crippen molar-refractivity contribution in [1.29, 1.82) is 0 Å². The molecular weight excluding hydrogens is 518 g/mol. The Kier molecular flexibility index (Phi) is 7.39. The number of amides is 4. The van der Waals surface area contributed by atoms with Crippen LogP contribution in [-0.2, 0) is 4.79 Å². The molecule has 0 aromatic heterocycles. The Morgan fingerprint density at radius 1 is 0.971 bits per heavy atom. The third kappa shape index (κ3) is 5.17. The number of imide groups is 1. The van der Waals surface area contributed by atoms with Crippen molar-refractivity contribution in [3.8, 4) is 11.5 Å². The van der Waals surface area contributed by atoms with Crippen LogP contribution in [0.5, 0.6) is 11.5 Å². The molecule has 35 heavy (non-hydrogen) atoms. The second-order valence-electron chi connectivity index (χ2n) is 8.50. The summed E-state index contributed by atoms with van der Waals surface area (Å²) in [5.41, 5.74) is 1.13. The maximum Gasteiger partial charge on any atom is 0.262 e. The zero-order valence-corrected chi connectivity index (χ0v) is 21.1. The van der Waals surface area contributed by atoms with Gasteiger partial charge in [0.25, 0.3) is 17.7 Å². The van der Waals surface area contributed by atoms with Crippen molar-refractivity contribution in [3.63, 3.8) is 0 Å². The standard InChI is InChI=1S/C25H26BrN3O6/c1-34-20-6-3-16(11-21(20)35-2)23(31)28-9-7-15(8-10-28)13-27-22(30)14-29-24(32)18-5-4-17(26)12-19(18)25(29)33/h3-6,11-12,15H,7-10,13-14H2,1-2H3,(H,27,30). The third-order valence-electron chi connectivity index (χ3n) is 6.35. The van der Waals surface area contributed by atoms with Crippen molar-refractivity contribution in [1.82, 2.24) is 15.1 Å². The summed E-state index contributed by atoms with van der Waals surface area (Å²) in [5.74, 6) is -0.132. The van der Waals surface area contributed by atoms with Gasteiger partial charge >= 0.3 is 0 Å². The first kappa shape index (κ1) is 24.7. The largest absolute Gasteiger partial charge is 0.493 e. The number of hydrogen-bond acceptors (Lipinski definition) is 6. The second kappa shape index (κ2) is 10.5. The van der Waals surface area contributed by atoms with E-state index < -0.39 is 11.8 Å². The van der Waals surface area contributed by atoms with Crippen molar-refractivity contribution < 1.29 is 28.7 Å². The fourth-order valence-corrected chi connectivity index (χ4v) is 4.72. The number of ether oxygens (including phenoxy) is 2. The highest BCUT2D eigenvalue weighted by Crippen LogP contribution is 2.29. The summed E-state index contributed by atoms with van der Waals surface area (Å²) < 4.78 is 11.2. The number of benzene rings is 2. The fourth-order valence-electron chi connectivity index (χ4n) is 4.36. The third-order valence-corrected chi connectivity index (χ3v) is 6.85. The molecule has 4 amide bonds. The van der Waals surface area contributed by atoms with Gasteiger partial charge in [0, 0.05) is 29.7 Å². The highest BCUT2D eigenvalue weighted by Gasteiger charge is 2.36. The number of fused-ring (bicyclic) bond motifs is 1. The monoisotopic (exact) mass is 543 g/mol. The topological polar surface area (TPSA) is 105 Å². The van der Waals surface area contributed by atoms with Gasteiger partial charge in [-0.1, -0.05) is 15.9 Å². The molecule has 0 aliphatic carbocycles. The average molecular weight is 544 g/mol. The van der Waals surface area contributed by atoms with Gasteiger partial charge in [0.15, 0.2) is 11.5 Å². The Morgan fingerprint density at radius 2 is 1.66 bits per heavy atom. The van der Waals surface area contributed by atoms with E-state index >= 15 is 0 Å². The number of carbonyl (C=O) groups excluding carboxylic acids is 4. The summed E-state index contributed by atoms with van der Waals surface area (Å²) in [5, 5.41) is 2.83. The number of carbonyl (C=O) groups is 4. The molecule has 0 atom stereocenters. The predicted octanol–water partition coefficient (Wildman–Crippen LogP) is 2.73. The fraction of sp³-hybridized carbons (Fsp3) is 0.360. The number of rotatable bonds is 7. The molecule has 1 saturated heterocycles. The summed E-state index contributed by atoms with van der Waals surface area (Å²) in [6, 6.07) is 9.95. The average Bonchev–Trinajstić information content (AvgIpc) is 3.10.